The maximum atomic E-state index is 10.5. The van der Waals surface area contributed by atoms with Crippen LogP contribution in [0.2, 0.25) is 0 Å². The van der Waals surface area contributed by atoms with Gasteiger partial charge >= 0.3 is 11.9 Å². The molecule has 2 atom stereocenters. The summed E-state index contributed by atoms with van der Waals surface area (Å²) in [5, 5.41) is 17.1. The summed E-state index contributed by atoms with van der Waals surface area (Å²) < 4.78 is 0. The molecule has 14 heavy (non-hydrogen) atoms. The fraction of sp³-hybridized carbons (Fsp3) is 0.714. The van der Waals surface area contributed by atoms with Crippen molar-refractivity contribution in [2.75, 3.05) is 11.5 Å². The normalized spacial score (nSPS) is 17.1. The van der Waals surface area contributed by atoms with E-state index in [4.69, 9.17) is 21.7 Å². The zero-order valence-electron chi connectivity index (χ0n) is 7.77. The summed E-state index contributed by atoms with van der Waals surface area (Å²) in [4.78, 5) is 20.8. The molecule has 7 heteroatoms. The van der Waals surface area contributed by atoms with Gasteiger partial charge in [0.1, 0.15) is 11.6 Å². The second kappa shape index (κ2) is 5.18. The zero-order chi connectivity index (χ0) is 11.4. The second-order valence-corrected chi connectivity index (χ2v) is 4.21. The van der Waals surface area contributed by atoms with Crippen LogP contribution in [-0.2, 0) is 9.59 Å². The Morgan fingerprint density at radius 1 is 1.50 bits per heavy atom. The van der Waals surface area contributed by atoms with Crippen molar-refractivity contribution in [1.29, 1.82) is 0 Å². The van der Waals surface area contributed by atoms with Crippen LogP contribution in [0.3, 0.4) is 0 Å². The van der Waals surface area contributed by atoms with Crippen molar-refractivity contribution >= 4 is 23.7 Å². The maximum Gasteiger partial charge on any atom is 0.324 e. The second-order valence-electron chi connectivity index (χ2n) is 3.18. The van der Waals surface area contributed by atoms with Gasteiger partial charge in [0.25, 0.3) is 0 Å². The molecule has 2 unspecified atom stereocenters. The van der Waals surface area contributed by atoms with E-state index in [0.29, 0.717) is 0 Å². The monoisotopic (exact) mass is 222 g/mol. The molecule has 0 aliphatic carbocycles. The maximum absolute atomic E-state index is 10.5. The summed E-state index contributed by atoms with van der Waals surface area (Å²) in [6.45, 7) is 1.37. The van der Waals surface area contributed by atoms with Crippen LogP contribution in [0.25, 0.3) is 0 Å². The molecule has 0 aliphatic rings. The third-order valence-corrected chi connectivity index (χ3v) is 2.90. The Labute approximate surface area is 85.6 Å². The van der Waals surface area contributed by atoms with Gasteiger partial charge in [-0.05, 0) is 6.92 Å². The Balaban J connectivity index is 3.85. The number of hydrogen-bond donors (Lipinski definition) is 4. The predicted molar refractivity (Wildman–Crippen MR) is 53.2 cm³/mol. The average Bonchev–Trinajstić information content (AvgIpc) is 2.03. The minimum absolute atomic E-state index is 0.128. The smallest absolute Gasteiger partial charge is 0.324 e. The van der Waals surface area contributed by atoms with Crippen molar-refractivity contribution in [2.45, 2.75) is 18.5 Å². The lowest BCUT2D eigenvalue weighted by Crippen LogP contribution is -2.47. The summed E-state index contributed by atoms with van der Waals surface area (Å²) in [7, 11) is 0. The van der Waals surface area contributed by atoms with Crippen molar-refractivity contribution in [3.63, 3.8) is 0 Å². The summed E-state index contributed by atoms with van der Waals surface area (Å²) in [6, 6.07) is -0.982. The molecule has 0 radical (unpaired) electrons. The van der Waals surface area contributed by atoms with E-state index < -0.39 is 23.5 Å². The molecule has 0 heterocycles. The number of carbonyl (C=O) groups is 2. The first-order valence-electron chi connectivity index (χ1n) is 3.86. The molecule has 0 rings (SSSR count). The molecule has 82 valence electrons. The van der Waals surface area contributed by atoms with Gasteiger partial charge in [0.05, 0.1) is 0 Å². The number of carboxylic acid groups (broad SMARTS) is 2. The third-order valence-electron chi connectivity index (χ3n) is 1.51. The standard InChI is InChI=1S/C7H14N2O4S/c1-7(9,6(12)13)3-14-2-4(8)5(10)11/h4H,2-3,8-9H2,1H3,(H,10,11)(H,12,13). The van der Waals surface area contributed by atoms with Crippen LogP contribution in [-0.4, -0.2) is 45.2 Å². The summed E-state index contributed by atoms with van der Waals surface area (Å²) in [6.07, 6.45) is 0. The van der Waals surface area contributed by atoms with E-state index in [0.717, 1.165) is 11.8 Å². The first-order chi connectivity index (χ1) is 6.27. The van der Waals surface area contributed by atoms with Crippen LogP contribution < -0.4 is 11.5 Å². The van der Waals surface area contributed by atoms with Crippen LogP contribution in [0.5, 0.6) is 0 Å². The topological polar surface area (TPSA) is 127 Å². The zero-order valence-corrected chi connectivity index (χ0v) is 8.58. The van der Waals surface area contributed by atoms with E-state index in [1.54, 1.807) is 0 Å². The van der Waals surface area contributed by atoms with E-state index in [2.05, 4.69) is 0 Å². The lowest BCUT2D eigenvalue weighted by molar-refractivity contribution is -0.141. The van der Waals surface area contributed by atoms with E-state index in [9.17, 15) is 9.59 Å². The molecule has 0 bridgehead atoms. The number of carboxylic acids is 2. The Hall–Kier alpha value is -0.790. The van der Waals surface area contributed by atoms with Gasteiger partial charge in [-0.15, -0.1) is 0 Å². The Morgan fingerprint density at radius 2 is 2.00 bits per heavy atom. The van der Waals surface area contributed by atoms with Gasteiger partial charge in [-0.25, -0.2) is 0 Å². The molecule has 0 spiro atoms. The van der Waals surface area contributed by atoms with Crippen LogP contribution >= 0.6 is 11.8 Å². The van der Waals surface area contributed by atoms with E-state index in [1.165, 1.54) is 6.92 Å². The predicted octanol–water partition coefficient (Wildman–Crippen LogP) is -1.07. The summed E-state index contributed by atoms with van der Waals surface area (Å²) in [5.74, 6) is -1.95. The number of aliphatic carboxylic acids is 2. The molecular weight excluding hydrogens is 208 g/mol. The number of thioether (sulfide) groups is 1. The highest BCUT2D eigenvalue weighted by atomic mass is 32.2. The fourth-order valence-electron chi connectivity index (χ4n) is 0.531. The van der Waals surface area contributed by atoms with Crippen LogP contribution in [0, 0.1) is 0 Å². The van der Waals surface area contributed by atoms with Gasteiger partial charge in [-0.2, -0.15) is 11.8 Å². The fourth-order valence-corrected chi connectivity index (χ4v) is 1.59. The SMILES string of the molecule is CC(N)(CSCC(N)C(=O)O)C(=O)O. The van der Waals surface area contributed by atoms with Crippen LogP contribution in [0.1, 0.15) is 6.92 Å². The average molecular weight is 222 g/mol. The molecule has 6 N–H and O–H groups in total. The largest absolute Gasteiger partial charge is 0.480 e. The Bertz CT molecular complexity index is 232. The minimum Gasteiger partial charge on any atom is -0.480 e. The van der Waals surface area contributed by atoms with Gasteiger partial charge in [-0.3, -0.25) is 9.59 Å². The molecule has 0 aromatic heterocycles. The van der Waals surface area contributed by atoms with Gasteiger partial charge in [0.2, 0.25) is 0 Å². The van der Waals surface area contributed by atoms with Crippen molar-refractivity contribution in [3.8, 4) is 0 Å². The molecule has 6 nitrogen and oxygen atoms in total. The van der Waals surface area contributed by atoms with Crippen molar-refractivity contribution in [1.82, 2.24) is 0 Å². The molecule has 0 aromatic rings. The van der Waals surface area contributed by atoms with Crippen molar-refractivity contribution < 1.29 is 19.8 Å². The van der Waals surface area contributed by atoms with E-state index in [1.807, 2.05) is 0 Å². The lowest BCUT2D eigenvalue weighted by Gasteiger charge is -2.18. The summed E-state index contributed by atoms with van der Waals surface area (Å²) in [5.41, 5.74) is 9.28. The van der Waals surface area contributed by atoms with Gasteiger partial charge in [-0.1, -0.05) is 0 Å². The van der Waals surface area contributed by atoms with Crippen molar-refractivity contribution in [2.24, 2.45) is 11.5 Å². The first-order valence-corrected chi connectivity index (χ1v) is 5.01. The Kier molecular flexibility index (Phi) is 4.89. The molecular formula is C7H14N2O4S. The molecule has 0 saturated heterocycles. The molecule has 0 fully saturated rings. The van der Waals surface area contributed by atoms with Gasteiger partial charge < -0.3 is 21.7 Å². The third kappa shape index (κ3) is 4.45. The van der Waals surface area contributed by atoms with Gasteiger partial charge in [0.15, 0.2) is 0 Å². The Morgan fingerprint density at radius 3 is 2.36 bits per heavy atom. The van der Waals surface area contributed by atoms with E-state index in [-0.39, 0.29) is 11.5 Å². The quantitative estimate of drug-likeness (QED) is 0.451. The first kappa shape index (κ1) is 13.2. The highest BCUT2D eigenvalue weighted by Gasteiger charge is 2.28. The molecule has 0 saturated carbocycles. The van der Waals surface area contributed by atoms with Crippen LogP contribution in [0.15, 0.2) is 0 Å². The molecule has 0 aromatic carbocycles. The highest BCUT2D eigenvalue weighted by Crippen LogP contribution is 2.11. The minimum atomic E-state index is -1.34. The lowest BCUT2D eigenvalue weighted by atomic mass is 10.1. The van der Waals surface area contributed by atoms with Crippen molar-refractivity contribution in [3.05, 3.63) is 0 Å². The van der Waals surface area contributed by atoms with E-state index >= 15 is 0 Å². The van der Waals surface area contributed by atoms with Crippen LogP contribution in [0.4, 0.5) is 0 Å². The summed E-state index contributed by atoms with van der Waals surface area (Å²) >= 11 is 1.11. The molecule has 0 aliphatic heterocycles. The highest BCUT2D eigenvalue weighted by molar-refractivity contribution is 7.99. The van der Waals surface area contributed by atoms with Gasteiger partial charge in [0, 0.05) is 11.5 Å². The molecule has 0 amide bonds. The number of nitrogens with two attached hydrogens (primary N) is 2. The number of hydrogen-bond acceptors (Lipinski definition) is 5. The number of rotatable bonds is 6.